The molecule has 0 spiro atoms. The summed E-state index contributed by atoms with van der Waals surface area (Å²) in [5, 5.41) is 9.86. The number of esters is 1. The molecule has 0 aromatic heterocycles. The molecule has 6 nitrogen and oxygen atoms in total. The van der Waals surface area contributed by atoms with Crippen molar-refractivity contribution in [1.82, 2.24) is 0 Å². The van der Waals surface area contributed by atoms with Gasteiger partial charge in [-0.1, -0.05) is 44.2 Å². The SMILES string of the molecule is CC(C)COC(=O)c1cc(C=Cc2ccc(S(=O)(=O)O)cc2)ccc1O. The molecule has 0 amide bonds. The maximum atomic E-state index is 12.0. The molecule has 0 saturated heterocycles. The first kappa shape index (κ1) is 19.7. The monoisotopic (exact) mass is 376 g/mol. The first-order valence-corrected chi connectivity index (χ1v) is 9.36. The number of rotatable bonds is 6. The van der Waals surface area contributed by atoms with Crippen molar-refractivity contribution in [3.63, 3.8) is 0 Å². The number of hydrogen-bond acceptors (Lipinski definition) is 5. The van der Waals surface area contributed by atoms with Crippen LogP contribution < -0.4 is 0 Å². The van der Waals surface area contributed by atoms with Crippen LogP contribution in [0.3, 0.4) is 0 Å². The van der Waals surface area contributed by atoms with Gasteiger partial charge in [0.05, 0.1) is 11.5 Å². The Morgan fingerprint density at radius 2 is 1.65 bits per heavy atom. The van der Waals surface area contributed by atoms with Gasteiger partial charge >= 0.3 is 5.97 Å². The van der Waals surface area contributed by atoms with Crippen LogP contribution in [0.15, 0.2) is 47.4 Å². The maximum Gasteiger partial charge on any atom is 0.341 e. The van der Waals surface area contributed by atoms with E-state index in [0.717, 1.165) is 0 Å². The van der Waals surface area contributed by atoms with Crippen LogP contribution in [0.5, 0.6) is 5.75 Å². The Hall–Kier alpha value is -2.64. The van der Waals surface area contributed by atoms with E-state index in [9.17, 15) is 18.3 Å². The molecule has 0 aliphatic heterocycles. The van der Waals surface area contributed by atoms with Crippen LogP contribution in [0.4, 0.5) is 0 Å². The summed E-state index contributed by atoms with van der Waals surface area (Å²) in [6.07, 6.45) is 3.42. The van der Waals surface area contributed by atoms with Crippen molar-refractivity contribution in [2.75, 3.05) is 6.61 Å². The summed E-state index contributed by atoms with van der Waals surface area (Å²) < 4.78 is 36.1. The Morgan fingerprint density at radius 3 is 2.23 bits per heavy atom. The molecule has 138 valence electrons. The van der Waals surface area contributed by atoms with Crippen LogP contribution in [0.25, 0.3) is 12.2 Å². The number of carbonyl (C=O) groups excluding carboxylic acids is 1. The second-order valence-corrected chi connectivity index (χ2v) is 7.57. The van der Waals surface area contributed by atoms with E-state index < -0.39 is 16.1 Å². The average molecular weight is 376 g/mol. The second kappa shape index (κ2) is 8.16. The normalized spacial score (nSPS) is 11.8. The van der Waals surface area contributed by atoms with Crippen molar-refractivity contribution in [3.8, 4) is 5.75 Å². The Balaban J connectivity index is 2.18. The average Bonchev–Trinajstić information content (AvgIpc) is 2.58. The van der Waals surface area contributed by atoms with E-state index >= 15 is 0 Å². The quantitative estimate of drug-likeness (QED) is 0.454. The number of carbonyl (C=O) groups is 1. The van der Waals surface area contributed by atoms with Gasteiger partial charge in [-0.2, -0.15) is 8.42 Å². The number of phenolic OH excluding ortho intramolecular Hbond substituents is 1. The van der Waals surface area contributed by atoms with E-state index in [2.05, 4.69) is 0 Å². The molecular weight excluding hydrogens is 356 g/mol. The molecule has 2 aromatic carbocycles. The number of ether oxygens (including phenoxy) is 1. The third-order valence-electron chi connectivity index (χ3n) is 3.43. The molecular formula is C19H20O6S. The minimum Gasteiger partial charge on any atom is -0.507 e. The highest BCUT2D eigenvalue weighted by molar-refractivity contribution is 7.85. The van der Waals surface area contributed by atoms with Crippen LogP contribution in [-0.2, 0) is 14.9 Å². The number of aromatic hydroxyl groups is 1. The summed E-state index contributed by atoms with van der Waals surface area (Å²) in [7, 11) is -4.22. The van der Waals surface area contributed by atoms with Gasteiger partial charge in [-0.15, -0.1) is 0 Å². The summed E-state index contributed by atoms with van der Waals surface area (Å²) in [5.74, 6) is -0.563. The van der Waals surface area contributed by atoms with E-state index in [4.69, 9.17) is 9.29 Å². The number of benzene rings is 2. The zero-order chi connectivity index (χ0) is 19.3. The predicted molar refractivity (Wildman–Crippen MR) is 98.4 cm³/mol. The molecule has 0 unspecified atom stereocenters. The highest BCUT2D eigenvalue weighted by Crippen LogP contribution is 2.21. The molecule has 0 atom stereocenters. The molecule has 7 heteroatoms. The fraction of sp³-hybridized carbons (Fsp3) is 0.211. The number of hydrogen-bond donors (Lipinski definition) is 2. The van der Waals surface area contributed by atoms with Crippen LogP contribution in [0.1, 0.15) is 35.3 Å². The van der Waals surface area contributed by atoms with Gasteiger partial charge in [0.1, 0.15) is 11.3 Å². The Kier molecular flexibility index (Phi) is 6.18. The first-order valence-electron chi connectivity index (χ1n) is 7.92. The smallest absolute Gasteiger partial charge is 0.341 e. The standard InChI is InChI=1S/C19H20O6S/c1-13(2)12-25-19(21)17-11-15(7-10-18(17)20)4-3-14-5-8-16(9-6-14)26(22,23)24/h3-11,13,20H,12H2,1-2H3,(H,22,23,24). The van der Waals surface area contributed by atoms with Gasteiger partial charge in [0.25, 0.3) is 10.1 Å². The Morgan fingerprint density at radius 1 is 1.08 bits per heavy atom. The van der Waals surface area contributed by atoms with Gasteiger partial charge in [0.15, 0.2) is 0 Å². The topological polar surface area (TPSA) is 101 Å². The molecule has 0 radical (unpaired) electrons. The Labute approximate surface area is 152 Å². The second-order valence-electron chi connectivity index (χ2n) is 6.15. The summed E-state index contributed by atoms with van der Waals surface area (Å²) in [5.41, 5.74) is 1.45. The van der Waals surface area contributed by atoms with Gasteiger partial charge in [-0.05, 0) is 41.3 Å². The minimum atomic E-state index is -4.22. The number of phenols is 1. The predicted octanol–water partition coefficient (Wildman–Crippen LogP) is 3.62. The van der Waals surface area contributed by atoms with Crippen LogP contribution in [-0.4, -0.2) is 30.7 Å². The molecule has 0 fully saturated rings. The summed E-state index contributed by atoms with van der Waals surface area (Å²) in [6.45, 7) is 4.09. The van der Waals surface area contributed by atoms with E-state index in [0.29, 0.717) is 11.1 Å². The molecule has 2 N–H and O–H groups in total. The van der Waals surface area contributed by atoms with Crippen molar-refractivity contribution in [2.45, 2.75) is 18.7 Å². The molecule has 26 heavy (non-hydrogen) atoms. The fourth-order valence-corrected chi connectivity index (χ4v) is 2.56. The maximum absolute atomic E-state index is 12.0. The molecule has 0 aliphatic carbocycles. The van der Waals surface area contributed by atoms with Crippen molar-refractivity contribution < 1.29 is 27.6 Å². The molecule has 0 saturated carbocycles. The molecule has 0 aliphatic rings. The van der Waals surface area contributed by atoms with Crippen molar-refractivity contribution in [2.24, 2.45) is 5.92 Å². The van der Waals surface area contributed by atoms with Crippen molar-refractivity contribution in [1.29, 1.82) is 0 Å². The lowest BCUT2D eigenvalue weighted by atomic mass is 10.1. The summed E-state index contributed by atoms with van der Waals surface area (Å²) in [6, 6.07) is 10.2. The third-order valence-corrected chi connectivity index (χ3v) is 4.30. The molecule has 0 heterocycles. The Bertz CT molecular complexity index is 912. The van der Waals surface area contributed by atoms with Crippen LogP contribution in [0, 0.1) is 5.92 Å². The lowest BCUT2D eigenvalue weighted by Crippen LogP contribution is -2.10. The van der Waals surface area contributed by atoms with Crippen molar-refractivity contribution >= 4 is 28.2 Å². The molecule has 0 bridgehead atoms. The van der Waals surface area contributed by atoms with Crippen molar-refractivity contribution in [3.05, 3.63) is 59.2 Å². The van der Waals surface area contributed by atoms with E-state index in [1.807, 2.05) is 13.8 Å². The first-order chi connectivity index (χ1) is 12.2. The fourth-order valence-electron chi connectivity index (χ4n) is 2.08. The largest absolute Gasteiger partial charge is 0.507 e. The summed E-state index contributed by atoms with van der Waals surface area (Å²) in [4.78, 5) is 11.9. The zero-order valence-electron chi connectivity index (χ0n) is 14.4. The molecule has 2 rings (SSSR count). The lowest BCUT2D eigenvalue weighted by Gasteiger charge is -2.09. The van der Waals surface area contributed by atoms with Gasteiger partial charge in [0, 0.05) is 0 Å². The van der Waals surface area contributed by atoms with E-state index in [-0.39, 0.29) is 28.7 Å². The lowest BCUT2D eigenvalue weighted by molar-refractivity contribution is 0.0455. The van der Waals surface area contributed by atoms with Crippen LogP contribution >= 0.6 is 0 Å². The highest BCUT2D eigenvalue weighted by Gasteiger charge is 2.13. The zero-order valence-corrected chi connectivity index (χ0v) is 15.2. The third kappa shape index (κ3) is 5.44. The van der Waals surface area contributed by atoms with Crippen LogP contribution in [0.2, 0.25) is 0 Å². The van der Waals surface area contributed by atoms with Gasteiger partial charge < -0.3 is 9.84 Å². The minimum absolute atomic E-state index is 0.0783. The van der Waals surface area contributed by atoms with E-state index in [1.54, 1.807) is 18.2 Å². The van der Waals surface area contributed by atoms with Gasteiger partial charge in [0.2, 0.25) is 0 Å². The van der Waals surface area contributed by atoms with Gasteiger partial charge in [-0.3, -0.25) is 4.55 Å². The van der Waals surface area contributed by atoms with E-state index in [1.165, 1.54) is 36.4 Å². The summed E-state index contributed by atoms with van der Waals surface area (Å²) >= 11 is 0. The molecule has 2 aromatic rings. The highest BCUT2D eigenvalue weighted by atomic mass is 32.2. The van der Waals surface area contributed by atoms with Gasteiger partial charge in [-0.25, -0.2) is 4.79 Å².